The Hall–Kier alpha value is -1.28. The monoisotopic (exact) mass is 326 g/mol. The minimum Gasteiger partial charge on any atom is -0.497 e. The number of ether oxygens (including phenoxy) is 2. The molecule has 0 saturated carbocycles. The fraction of sp³-hybridized carbons (Fsp3) is 0.588. The van der Waals surface area contributed by atoms with Gasteiger partial charge in [-0.05, 0) is 29.9 Å². The second kappa shape index (κ2) is 7.82. The molecule has 0 aromatic heterocycles. The minimum atomic E-state index is -2.35. The lowest BCUT2D eigenvalue weighted by atomic mass is 9.86. The largest absolute Gasteiger partial charge is 0.497 e. The van der Waals surface area contributed by atoms with Crippen molar-refractivity contribution < 1.29 is 18.8 Å². The maximum absolute atomic E-state index is 12.4. The lowest BCUT2D eigenvalue weighted by Crippen LogP contribution is -2.13. The summed E-state index contributed by atoms with van der Waals surface area (Å²) in [7, 11) is 0.689. The van der Waals surface area contributed by atoms with Gasteiger partial charge in [0.2, 0.25) is 5.52 Å². The molecule has 4 nitrogen and oxygen atoms in total. The zero-order chi connectivity index (χ0) is 16.9. The van der Waals surface area contributed by atoms with E-state index in [9.17, 15) is 9.36 Å². The van der Waals surface area contributed by atoms with Crippen molar-refractivity contribution in [1.82, 2.24) is 0 Å². The molecule has 22 heavy (non-hydrogen) atoms. The van der Waals surface area contributed by atoms with Crippen LogP contribution in [-0.4, -0.2) is 25.9 Å². The third-order valence-electron chi connectivity index (χ3n) is 3.40. The zero-order valence-corrected chi connectivity index (χ0v) is 15.4. The molecule has 0 N–H and O–H groups in total. The van der Waals surface area contributed by atoms with Crippen LogP contribution in [0.25, 0.3) is 0 Å². The van der Waals surface area contributed by atoms with Gasteiger partial charge in [0.1, 0.15) is 19.3 Å². The first-order chi connectivity index (χ1) is 10.2. The van der Waals surface area contributed by atoms with Crippen LogP contribution in [0.5, 0.6) is 11.5 Å². The van der Waals surface area contributed by atoms with E-state index in [1.807, 2.05) is 6.92 Å². The number of hydrogen-bond donors (Lipinski definition) is 0. The molecule has 1 rings (SSSR count). The van der Waals surface area contributed by atoms with E-state index in [4.69, 9.17) is 9.47 Å². The highest BCUT2D eigenvalue weighted by Gasteiger charge is 2.23. The molecule has 1 aromatic rings. The Morgan fingerprint density at radius 3 is 2.36 bits per heavy atom. The average Bonchev–Trinajstić information content (AvgIpc) is 2.43. The molecule has 2 unspecified atom stereocenters. The van der Waals surface area contributed by atoms with E-state index in [0.29, 0.717) is 23.2 Å². The van der Waals surface area contributed by atoms with Crippen LogP contribution in [0, 0.1) is 11.3 Å². The van der Waals surface area contributed by atoms with E-state index < -0.39 is 7.80 Å². The van der Waals surface area contributed by atoms with Gasteiger partial charge in [-0.3, -0.25) is 4.79 Å². The molecule has 0 aliphatic carbocycles. The van der Waals surface area contributed by atoms with Crippen LogP contribution in [0.1, 0.15) is 44.5 Å². The summed E-state index contributed by atoms with van der Waals surface area (Å²) < 4.78 is 22.7. The highest BCUT2D eigenvalue weighted by molar-refractivity contribution is 7.64. The summed E-state index contributed by atoms with van der Waals surface area (Å²) >= 11 is 0. The second-order valence-corrected chi connectivity index (χ2v) is 8.60. The van der Waals surface area contributed by atoms with Crippen LogP contribution >= 0.6 is 7.80 Å². The molecule has 5 heteroatoms. The predicted molar refractivity (Wildman–Crippen MR) is 91.0 cm³/mol. The normalized spacial score (nSPS) is 14.3. The van der Waals surface area contributed by atoms with Gasteiger partial charge in [0.15, 0.2) is 0 Å². The van der Waals surface area contributed by atoms with E-state index in [0.717, 1.165) is 6.42 Å². The molecule has 0 aliphatic heterocycles. The average molecular weight is 326 g/mol. The van der Waals surface area contributed by atoms with Gasteiger partial charge in [0.25, 0.3) is 0 Å². The van der Waals surface area contributed by atoms with E-state index in [2.05, 4.69) is 20.8 Å². The lowest BCUT2D eigenvalue weighted by molar-refractivity contribution is 0.107. The van der Waals surface area contributed by atoms with Crippen molar-refractivity contribution in [3.63, 3.8) is 0 Å². The molecule has 0 fully saturated rings. The standard InChI is InChI=1S/C17H27O4P/c1-12(10-17(2,3)4)11-22(19)16(18)14-8-7-13(20-5)9-15(14)21-6/h7-9,12,22H,10-11H2,1-6H3. The Morgan fingerprint density at radius 2 is 1.86 bits per heavy atom. The Balaban J connectivity index is 2.85. The first-order valence-electron chi connectivity index (χ1n) is 7.47. The predicted octanol–water partition coefficient (Wildman–Crippen LogP) is 4.48. The molecule has 0 saturated heterocycles. The fourth-order valence-electron chi connectivity index (χ4n) is 2.66. The molecule has 0 amide bonds. The van der Waals surface area contributed by atoms with Crippen LogP contribution < -0.4 is 9.47 Å². The Morgan fingerprint density at radius 1 is 1.23 bits per heavy atom. The molecular weight excluding hydrogens is 299 g/mol. The highest BCUT2D eigenvalue weighted by Crippen LogP contribution is 2.37. The van der Waals surface area contributed by atoms with Crippen molar-refractivity contribution >= 4 is 13.3 Å². The van der Waals surface area contributed by atoms with Gasteiger partial charge in [0.05, 0.1) is 19.8 Å². The zero-order valence-electron chi connectivity index (χ0n) is 14.4. The number of carbonyl (C=O) groups excluding carboxylic acids is 1. The maximum Gasteiger partial charge on any atom is 0.222 e. The first-order valence-corrected chi connectivity index (χ1v) is 9.09. The molecule has 2 atom stereocenters. The van der Waals surface area contributed by atoms with Gasteiger partial charge in [-0.1, -0.05) is 27.7 Å². The van der Waals surface area contributed by atoms with Gasteiger partial charge < -0.3 is 14.0 Å². The van der Waals surface area contributed by atoms with E-state index in [1.165, 1.54) is 7.11 Å². The van der Waals surface area contributed by atoms with Crippen LogP contribution in [-0.2, 0) is 4.57 Å². The summed E-state index contributed by atoms with van der Waals surface area (Å²) in [6.07, 6.45) is 1.38. The summed E-state index contributed by atoms with van der Waals surface area (Å²) in [5.74, 6) is 1.26. The quantitative estimate of drug-likeness (QED) is 0.693. The van der Waals surface area contributed by atoms with Gasteiger partial charge in [-0.25, -0.2) is 0 Å². The van der Waals surface area contributed by atoms with Crippen molar-refractivity contribution in [2.75, 3.05) is 20.4 Å². The van der Waals surface area contributed by atoms with Gasteiger partial charge in [0, 0.05) is 12.2 Å². The lowest BCUT2D eigenvalue weighted by Gasteiger charge is -2.22. The summed E-state index contributed by atoms with van der Waals surface area (Å²) in [4.78, 5) is 12.4. The molecule has 124 valence electrons. The van der Waals surface area contributed by atoms with Crippen molar-refractivity contribution in [2.24, 2.45) is 11.3 Å². The van der Waals surface area contributed by atoms with Crippen LogP contribution in [0.3, 0.4) is 0 Å². The second-order valence-electron chi connectivity index (χ2n) is 6.89. The Labute approximate surface area is 134 Å². The van der Waals surface area contributed by atoms with Crippen LogP contribution in [0.15, 0.2) is 18.2 Å². The van der Waals surface area contributed by atoms with Crippen LogP contribution in [0.4, 0.5) is 0 Å². The highest BCUT2D eigenvalue weighted by atomic mass is 31.1. The number of methoxy groups -OCH3 is 2. The number of benzene rings is 1. The SMILES string of the molecule is COc1ccc(C(=O)[PH](=O)CC(C)CC(C)(C)C)c(OC)c1. The molecule has 0 spiro atoms. The molecule has 0 aliphatic rings. The number of rotatable bonds is 7. The summed E-state index contributed by atoms with van der Waals surface area (Å²) in [6, 6.07) is 4.95. The molecule has 0 radical (unpaired) electrons. The smallest absolute Gasteiger partial charge is 0.222 e. The van der Waals surface area contributed by atoms with E-state index in [1.54, 1.807) is 25.3 Å². The third kappa shape index (κ3) is 5.49. The summed E-state index contributed by atoms with van der Waals surface area (Å²) in [6.45, 7) is 8.49. The van der Waals surface area contributed by atoms with Crippen molar-refractivity contribution in [3.05, 3.63) is 23.8 Å². The van der Waals surface area contributed by atoms with Gasteiger partial charge in [-0.15, -0.1) is 0 Å². The Kier molecular flexibility index (Phi) is 6.67. The number of carbonyl (C=O) groups is 1. The van der Waals surface area contributed by atoms with Crippen molar-refractivity contribution in [2.45, 2.75) is 34.1 Å². The van der Waals surface area contributed by atoms with E-state index in [-0.39, 0.29) is 16.9 Å². The molecular formula is C17H27O4P. The van der Waals surface area contributed by atoms with Crippen molar-refractivity contribution in [1.29, 1.82) is 0 Å². The van der Waals surface area contributed by atoms with E-state index >= 15 is 0 Å². The minimum absolute atomic E-state index is 0.169. The summed E-state index contributed by atoms with van der Waals surface area (Å²) in [5.41, 5.74) is 0.225. The molecule has 1 aromatic carbocycles. The van der Waals surface area contributed by atoms with Crippen molar-refractivity contribution in [3.8, 4) is 11.5 Å². The third-order valence-corrected chi connectivity index (χ3v) is 5.24. The Bertz CT molecular complexity index is 546. The van der Waals surface area contributed by atoms with Gasteiger partial charge >= 0.3 is 0 Å². The topological polar surface area (TPSA) is 52.6 Å². The first kappa shape index (κ1) is 18.8. The maximum atomic E-state index is 12.4. The number of hydrogen-bond acceptors (Lipinski definition) is 4. The van der Waals surface area contributed by atoms with Gasteiger partial charge in [-0.2, -0.15) is 0 Å². The summed E-state index contributed by atoms with van der Waals surface area (Å²) in [5, 5.41) is 0. The van der Waals surface area contributed by atoms with Crippen LogP contribution in [0.2, 0.25) is 0 Å². The molecule has 0 bridgehead atoms. The molecule has 0 heterocycles. The fourth-order valence-corrected chi connectivity index (χ4v) is 4.13.